The zero-order valence-corrected chi connectivity index (χ0v) is 15.0. The van der Waals surface area contributed by atoms with Gasteiger partial charge in [0.2, 0.25) is 0 Å². The Hall–Kier alpha value is -2.99. The average molecular weight is 353 g/mol. The summed E-state index contributed by atoms with van der Waals surface area (Å²) in [5.41, 5.74) is 0.665. The lowest BCUT2D eigenvalue weighted by Gasteiger charge is -2.22. The van der Waals surface area contributed by atoms with Crippen molar-refractivity contribution in [1.82, 2.24) is 5.32 Å². The summed E-state index contributed by atoms with van der Waals surface area (Å²) in [5.74, 6) is 0.791. The monoisotopic (exact) mass is 353 g/mol. The van der Waals surface area contributed by atoms with Gasteiger partial charge in [-0.3, -0.25) is 4.79 Å². The number of nitrogens with one attached hydrogen (secondary N) is 1. The second-order valence-electron chi connectivity index (χ2n) is 6.11. The van der Waals surface area contributed by atoms with Crippen LogP contribution in [0.2, 0.25) is 0 Å². The van der Waals surface area contributed by atoms with Gasteiger partial charge >= 0.3 is 0 Å². The van der Waals surface area contributed by atoms with Gasteiger partial charge in [-0.25, -0.2) is 0 Å². The predicted molar refractivity (Wildman–Crippen MR) is 97.3 cm³/mol. The maximum Gasteiger partial charge on any atom is 0.258 e. The van der Waals surface area contributed by atoms with Gasteiger partial charge in [0.15, 0.2) is 18.1 Å². The van der Waals surface area contributed by atoms with Crippen LogP contribution in [0.25, 0.3) is 6.08 Å². The summed E-state index contributed by atoms with van der Waals surface area (Å²) in [6.45, 7) is 2.20. The maximum absolute atomic E-state index is 12.1. The van der Waals surface area contributed by atoms with E-state index in [9.17, 15) is 4.79 Å². The topological polar surface area (TPSA) is 95.1 Å². The fraction of sp³-hybridized carbons (Fsp3) is 0.450. The molecule has 0 saturated heterocycles. The molecule has 6 heteroatoms. The van der Waals surface area contributed by atoms with Crippen molar-refractivity contribution in [2.75, 3.05) is 13.2 Å². The first kappa shape index (κ1) is 19.3. The standard InChI is InChI=1S/C20H23N3O3/c1-2-25-19-11-15(10-16(12-21)13-22)8-9-18(19)26-14-20(24)23-17-6-4-3-5-7-17/h8-11,17H,2-7,14H2,1H3,(H,23,24). The molecule has 0 atom stereocenters. The van der Waals surface area contributed by atoms with Crippen molar-refractivity contribution in [3.05, 3.63) is 29.3 Å². The van der Waals surface area contributed by atoms with Crippen molar-refractivity contribution in [2.45, 2.75) is 45.1 Å². The van der Waals surface area contributed by atoms with E-state index in [1.165, 1.54) is 12.5 Å². The molecular weight excluding hydrogens is 330 g/mol. The van der Waals surface area contributed by atoms with Gasteiger partial charge in [-0.1, -0.05) is 25.3 Å². The number of allylic oxidation sites excluding steroid dienone is 1. The Balaban J connectivity index is 2.01. The Morgan fingerprint density at radius 1 is 1.19 bits per heavy atom. The molecule has 0 heterocycles. The number of nitriles is 2. The van der Waals surface area contributed by atoms with Gasteiger partial charge < -0.3 is 14.8 Å². The third-order valence-electron chi connectivity index (χ3n) is 4.15. The lowest BCUT2D eigenvalue weighted by molar-refractivity contribution is -0.124. The fourth-order valence-corrected chi connectivity index (χ4v) is 2.92. The minimum atomic E-state index is -0.139. The Bertz CT molecular complexity index is 722. The normalized spacial score (nSPS) is 13.8. The molecule has 1 saturated carbocycles. The van der Waals surface area contributed by atoms with Gasteiger partial charge in [0.1, 0.15) is 17.7 Å². The molecule has 0 spiro atoms. The maximum atomic E-state index is 12.1. The molecule has 2 rings (SSSR count). The SMILES string of the molecule is CCOc1cc(C=C(C#N)C#N)ccc1OCC(=O)NC1CCCCC1. The van der Waals surface area contributed by atoms with Crippen LogP contribution in [0.15, 0.2) is 23.8 Å². The van der Waals surface area contributed by atoms with E-state index >= 15 is 0 Å². The lowest BCUT2D eigenvalue weighted by atomic mass is 9.95. The molecule has 0 radical (unpaired) electrons. The summed E-state index contributed by atoms with van der Waals surface area (Å²) in [5, 5.41) is 20.7. The van der Waals surface area contributed by atoms with E-state index in [4.69, 9.17) is 20.0 Å². The number of amides is 1. The first-order chi connectivity index (χ1) is 12.7. The predicted octanol–water partition coefficient (Wildman–Crippen LogP) is 3.34. The highest BCUT2D eigenvalue weighted by atomic mass is 16.5. The highest BCUT2D eigenvalue weighted by molar-refractivity contribution is 5.78. The molecule has 1 aliphatic carbocycles. The van der Waals surface area contributed by atoms with Gasteiger partial charge in [0.25, 0.3) is 5.91 Å². The Morgan fingerprint density at radius 2 is 1.92 bits per heavy atom. The molecule has 1 aromatic carbocycles. The van der Waals surface area contributed by atoms with Crippen LogP contribution in [0.1, 0.15) is 44.6 Å². The smallest absolute Gasteiger partial charge is 0.258 e. The van der Waals surface area contributed by atoms with Crippen LogP contribution in [-0.4, -0.2) is 25.2 Å². The molecule has 0 unspecified atom stereocenters. The van der Waals surface area contributed by atoms with E-state index in [1.54, 1.807) is 18.2 Å². The minimum absolute atomic E-state index is 0.00739. The number of ether oxygens (including phenoxy) is 2. The summed E-state index contributed by atoms with van der Waals surface area (Å²) >= 11 is 0. The largest absolute Gasteiger partial charge is 0.490 e. The average Bonchev–Trinajstić information content (AvgIpc) is 2.66. The van der Waals surface area contributed by atoms with Gasteiger partial charge in [-0.15, -0.1) is 0 Å². The van der Waals surface area contributed by atoms with Crippen molar-refractivity contribution < 1.29 is 14.3 Å². The molecule has 0 bridgehead atoms. The van der Waals surface area contributed by atoms with Crippen LogP contribution >= 0.6 is 0 Å². The van der Waals surface area contributed by atoms with Gasteiger partial charge in [0, 0.05) is 6.04 Å². The zero-order valence-electron chi connectivity index (χ0n) is 15.0. The van der Waals surface area contributed by atoms with Crippen molar-refractivity contribution in [3.63, 3.8) is 0 Å². The van der Waals surface area contributed by atoms with E-state index in [0.717, 1.165) is 25.7 Å². The minimum Gasteiger partial charge on any atom is -0.490 e. The van der Waals surface area contributed by atoms with E-state index in [0.29, 0.717) is 23.7 Å². The molecule has 136 valence electrons. The van der Waals surface area contributed by atoms with Crippen LogP contribution < -0.4 is 14.8 Å². The van der Waals surface area contributed by atoms with Crippen LogP contribution in [-0.2, 0) is 4.79 Å². The summed E-state index contributed by atoms with van der Waals surface area (Å²) in [4.78, 5) is 12.1. The van der Waals surface area contributed by atoms with E-state index in [2.05, 4.69) is 5.32 Å². The van der Waals surface area contributed by atoms with Crippen LogP contribution in [0.3, 0.4) is 0 Å². The van der Waals surface area contributed by atoms with Crippen LogP contribution in [0.5, 0.6) is 11.5 Å². The molecule has 1 aliphatic rings. The Labute approximate surface area is 154 Å². The van der Waals surface area contributed by atoms with E-state index in [1.807, 2.05) is 19.1 Å². The van der Waals surface area contributed by atoms with Gasteiger partial charge in [-0.05, 0) is 43.5 Å². The number of hydrogen-bond donors (Lipinski definition) is 1. The molecule has 0 aliphatic heterocycles. The van der Waals surface area contributed by atoms with E-state index in [-0.39, 0.29) is 24.1 Å². The number of hydrogen-bond acceptors (Lipinski definition) is 5. The molecule has 26 heavy (non-hydrogen) atoms. The van der Waals surface area contributed by atoms with Crippen molar-refractivity contribution in [2.24, 2.45) is 0 Å². The third-order valence-corrected chi connectivity index (χ3v) is 4.15. The van der Waals surface area contributed by atoms with Crippen LogP contribution in [0.4, 0.5) is 0 Å². The summed E-state index contributed by atoms with van der Waals surface area (Å²) in [6.07, 6.45) is 7.07. The molecule has 1 aromatic rings. The second kappa shape index (κ2) is 10.1. The quantitative estimate of drug-likeness (QED) is 0.759. The first-order valence-corrected chi connectivity index (χ1v) is 8.87. The molecule has 1 amide bonds. The van der Waals surface area contributed by atoms with Gasteiger partial charge in [0.05, 0.1) is 6.61 Å². The number of rotatable bonds is 7. The zero-order chi connectivity index (χ0) is 18.8. The van der Waals surface area contributed by atoms with Crippen LogP contribution in [0, 0.1) is 22.7 Å². The fourth-order valence-electron chi connectivity index (χ4n) is 2.92. The summed E-state index contributed by atoms with van der Waals surface area (Å²) < 4.78 is 11.2. The molecule has 1 fully saturated rings. The molecule has 1 N–H and O–H groups in total. The van der Waals surface area contributed by atoms with Gasteiger partial charge in [-0.2, -0.15) is 10.5 Å². The lowest BCUT2D eigenvalue weighted by Crippen LogP contribution is -2.39. The first-order valence-electron chi connectivity index (χ1n) is 8.87. The molecular formula is C20H23N3O3. The Morgan fingerprint density at radius 3 is 2.58 bits per heavy atom. The number of nitrogens with zero attached hydrogens (tertiary/aromatic N) is 2. The summed E-state index contributed by atoms with van der Waals surface area (Å²) in [6, 6.07) is 8.96. The third kappa shape index (κ3) is 5.82. The summed E-state index contributed by atoms with van der Waals surface area (Å²) in [7, 11) is 0. The second-order valence-corrected chi connectivity index (χ2v) is 6.11. The number of carbonyl (C=O) groups is 1. The number of carbonyl (C=O) groups excluding carboxylic acids is 1. The highest BCUT2D eigenvalue weighted by Crippen LogP contribution is 2.29. The molecule has 0 aromatic heterocycles. The number of benzene rings is 1. The van der Waals surface area contributed by atoms with Crippen molar-refractivity contribution in [3.8, 4) is 23.6 Å². The van der Waals surface area contributed by atoms with Crippen molar-refractivity contribution in [1.29, 1.82) is 10.5 Å². The Kier molecular flexibility index (Phi) is 7.51. The molecule has 6 nitrogen and oxygen atoms in total. The highest BCUT2D eigenvalue weighted by Gasteiger charge is 2.16. The van der Waals surface area contributed by atoms with Crippen molar-refractivity contribution >= 4 is 12.0 Å². The van der Waals surface area contributed by atoms with E-state index < -0.39 is 0 Å².